The minimum Gasteiger partial charge on any atom is -0.500 e. The van der Waals surface area contributed by atoms with Crippen molar-refractivity contribution in [2.24, 2.45) is 5.92 Å². The number of para-hydroxylation sites is 1. The second-order valence-electron chi connectivity index (χ2n) is 16.8. The topological polar surface area (TPSA) is 56.7 Å². The van der Waals surface area contributed by atoms with E-state index in [1.807, 2.05) is 83.4 Å². The fourth-order valence-corrected chi connectivity index (χ4v) is 11.4. The summed E-state index contributed by atoms with van der Waals surface area (Å²) in [5.41, 5.74) is 11.4. The predicted octanol–water partition coefficient (Wildman–Crippen LogP) is 13.6. The van der Waals surface area contributed by atoms with Crippen LogP contribution in [0.5, 0.6) is 0 Å². The van der Waals surface area contributed by atoms with E-state index in [9.17, 15) is 0 Å². The molecule has 1 radical (unpaired) electrons. The molecule has 0 N–H and O–H groups in total. The quantitative estimate of drug-likeness (QED) is 0.112. The summed E-state index contributed by atoms with van der Waals surface area (Å²) in [4.78, 5) is 14.0. The number of rotatable bonds is 8. The zero-order valence-corrected chi connectivity index (χ0v) is 39.8. The van der Waals surface area contributed by atoms with Crippen molar-refractivity contribution in [3.63, 3.8) is 0 Å². The first-order valence-corrected chi connectivity index (χ1v) is 28.0. The van der Waals surface area contributed by atoms with Gasteiger partial charge in [0, 0.05) is 49.1 Å². The van der Waals surface area contributed by atoms with Crippen molar-refractivity contribution in [1.29, 1.82) is 0 Å². The van der Waals surface area contributed by atoms with Gasteiger partial charge in [0.2, 0.25) is 0 Å². The van der Waals surface area contributed by atoms with Crippen molar-refractivity contribution in [1.82, 2.24) is 19.5 Å². The molecule has 5 nitrogen and oxygen atoms in total. The Bertz CT molecular complexity index is 3140. The van der Waals surface area contributed by atoms with Crippen LogP contribution in [-0.2, 0) is 26.5 Å². The van der Waals surface area contributed by atoms with Crippen molar-refractivity contribution >= 4 is 50.6 Å². The molecule has 8 heteroatoms. The zero-order valence-electron chi connectivity index (χ0n) is 35.3. The Kier molecular flexibility index (Phi) is 12.5. The maximum Gasteiger partial charge on any atom is 0.148 e. The molecule has 0 spiro atoms. The molecule has 4 aromatic heterocycles. The number of hydrogen-bond acceptors (Lipinski definition) is 4. The van der Waals surface area contributed by atoms with E-state index in [-0.39, 0.29) is 25.9 Å². The Labute approximate surface area is 378 Å². The van der Waals surface area contributed by atoms with Gasteiger partial charge in [-0.05, 0) is 41.0 Å². The van der Waals surface area contributed by atoms with Crippen molar-refractivity contribution in [2.45, 2.75) is 37.5 Å². The first kappa shape index (κ1) is 42.7. The number of halogens is 1. The van der Waals surface area contributed by atoms with Crippen molar-refractivity contribution in [3.05, 3.63) is 188 Å². The summed E-state index contributed by atoms with van der Waals surface area (Å²) < 4.78 is 25.6. The fraction of sp³-hybridized carbons (Fsp3) is 0.130. The third kappa shape index (κ3) is 8.58. The molecule has 62 heavy (non-hydrogen) atoms. The number of nitrogens with zero attached hydrogens (tertiary/aromatic N) is 4. The summed E-state index contributed by atoms with van der Waals surface area (Å²) in [6.07, 6.45) is 6.78. The molecule has 0 bridgehead atoms. The molecule has 0 aliphatic rings. The number of hydrogen-bond donors (Lipinski definition) is 0. The number of fused-ring (bicyclic) bond motifs is 4. The molecule has 10 aromatic rings. The average Bonchev–Trinajstić information content (AvgIpc) is 3.87. The molecule has 309 valence electrons. The second kappa shape index (κ2) is 18.2. The summed E-state index contributed by atoms with van der Waals surface area (Å²) in [7, 11) is 0. The van der Waals surface area contributed by atoms with Crippen molar-refractivity contribution < 1.29 is 28.9 Å². The molecule has 0 aliphatic carbocycles. The van der Waals surface area contributed by atoms with Crippen molar-refractivity contribution in [3.8, 4) is 50.6 Å². The van der Waals surface area contributed by atoms with Crippen LogP contribution in [0.4, 0.5) is 4.39 Å². The van der Waals surface area contributed by atoms with Gasteiger partial charge in [0.05, 0.1) is 22.4 Å². The van der Waals surface area contributed by atoms with E-state index in [2.05, 4.69) is 109 Å². The van der Waals surface area contributed by atoms with E-state index >= 15 is 4.39 Å². The SMILES string of the molecule is CC(C)Cc1cc(-c2[c-]cccc2)nc[c]1[Ge]([CH3])([CH3])[CH3].Fc1cccc2nc(-c3[c-]ccc4c3oc3ccncc34)n(-c3cc(-c4ccccc4)ccc3-c3ccccc3)c12.[Ir]. The van der Waals surface area contributed by atoms with Crippen LogP contribution in [0.25, 0.3) is 83.6 Å². The van der Waals surface area contributed by atoms with Crippen LogP contribution < -0.4 is 4.40 Å². The summed E-state index contributed by atoms with van der Waals surface area (Å²) in [6.45, 7) is 4.57. The average molecular weight is 1050 g/mol. The van der Waals surface area contributed by atoms with Gasteiger partial charge in [-0.1, -0.05) is 89.8 Å². The molecule has 0 saturated heterocycles. The molecular weight excluding hydrogens is 1000 g/mol. The van der Waals surface area contributed by atoms with Gasteiger partial charge in [-0.15, -0.1) is 18.2 Å². The number of furan rings is 1. The van der Waals surface area contributed by atoms with Gasteiger partial charge in [0.15, 0.2) is 0 Å². The minimum absolute atomic E-state index is 0. The van der Waals surface area contributed by atoms with Crippen LogP contribution in [0.15, 0.2) is 169 Å². The Morgan fingerprint density at radius 1 is 0.726 bits per heavy atom. The largest absolute Gasteiger partial charge is 0.500 e. The minimum atomic E-state index is -1.86. The monoisotopic (exact) mass is 1050 g/mol. The van der Waals surface area contributed by atoms with Crippen LogP contribution in [0, 0.1) is 23.9 Å². The Morgan fingerprint density at radius 2 is 1.48 bits per heavy atom. The molecule has 10 rings (SSSR count). The van der Waals surface area contributed by atoms with E-state index in [0.717, 1.165) is 62.0 Å². The molecule has 0 amide bonds. The van der Waals surface area contributed by atoms with Gasteiger partial charge in [0.25, 0.3) is 0 Å². The number of aromatic nitrogens is 4. The number of benzene rings is 6. The standard InChI is InChI=1S/C36H21FN3O.C18H24GeN.Ir/c37-30-15-8-16-31-34(30)40(36(39-31)28-14-7-13-27-29-22-38-20-19-33(29)41-35(27)28)32-21-25(23-9-3-1-4-10-23)17-18-26(32)24-11-5-2-6-12-24;1-14(2)11-16-12-18(15-9-7-6-8-10-15)20-13-17(16)19(3,4)5;/h1-13,15-22H;6-9,12-14H,11H2,1-5H3;/q2*-1;. The summed E-state index contributed by atoms with van der Waals surface area (Å²) in [6, 6.07) is 54.3. The van der Waals surface area contributed by atoms with Crippen LogP contribution >= 0.6 is 0 Å². The third-order valence-electron chi connectivity index (χ3n) is 10.9. The predicted molar refractivity (Wildman–Crippen MR) is 251 cm³/mol. The third-order valence-corrected chi connectivity index (χ3v) is 15.3. The van der Waals surface area contributed by atoms with E-state index in [1.54, 1.807) is 22.9 Å². The van der Waals surface area contributed by atoms with E-state index in [1.165, 1.54) is 11.6 Å². The van der Waals surface area contributed by atoms with E-state index < -0.39 is 13.3 Å². The maximum atomic E-state index is 15.8. The molecule has 4 heterocycles. The van der Waals surface area contributed by atoms with Gasteiger partial charge in [0.1, 0.15) is 11.4 Å². The first-order valence-electron chi connectivity index (χ1n) is 20.7. The molecule has 6 aromatic carbocycles. The Balaban J connectivity index is 0.000000214. The van der Waals surface area contributed by atoms with Crippen molar-refractivity contribution in [2.75, 3.05) is 0 Å². The smallest absolute Gasteiger partial charge is 0.148 e. The first-order chi connectivity index (χ1) is 29.6. The molecule has 0 aliphatic heterocycles. The molecule has 0 saturated carbocycles. The Hall–Kier alpha value is -5.99. The summed E-state index contributed by atoms with van der Waals surface area (Å²) >= 11 is -1.86. The zero-order chi connectivity index (χ0) is 42.1. The van der Waals surface area contributed by atoms with Crippen LogP contribution in [-0.4, -0.2) is 32.8 Å². The second-order valence-corrected chi connectivity index (χ2v) is 27.3. The maximum absolute atomic E-state index is 15.8. The normalized spacial score (nSPS) is 11.5. The van der Waals surface area contributed by atoms with Crippen LogP contribution in [0.3, 0.4) is 0 Å². The molecule has 0 fully saturated rings. The number of imidazole rings is 1. The Morgan fingerprint density at radius 3 is 2.21 bits per heavy atom. The summed E-state index contributed by atoms with van der Waals surface area (Å²) in [5, 5.41) is 1.81. The van der Waals surface area contributed by atoms with Gasteiger partial charge < -0.3 is 8.98 Å². The summed E-state index contributed by atoms with van der Waals surface area (Å²) in [5.74, 6) is 8.18. The molecular formula is C54H45FGeIrN4O-2. The van der Waals surface area contributed by atoms with Crippen LogP contribution in [0.1, 0.15) is 19.4 Å². The van der Waals surface area contributed by atoms with E-state index in [0.29, 0.717) is 33.9 Å². The molecule has 0 unspecified atom stereocenters. The van der Waals surface area contributed by atoms with Gasteiger partial charge in [-0.25, -0.2) is 4.39 Å². The van der Waals surface area contributed by atoms with E-state index in [4.69, 9.17) is 14.4 Å². The van der Waals surface area contributed by atoms with Gasteiger partial charge >= 0.3 is 126 Å². The number of pyridine rings is 2. The van der Waals surface area contributed by atoms with Gasteiger partial charge in [-0.2, -0.15) is 0 Å². The molecule has 0 atom stereocenters. The van der Waals surface area contributed by atoms with Crippen LogP contribution in [0.2, 0.25) is 17.3 Å². The fourth-order valence-electron chi connectivity index (χ4n) is 8.11. The van der Waals surface area contributed by atoms with Gasteiger partial charge in [-0.3, -0.25) is 9.97 Å².